The summed E-state index contributed by atoms with van der Waals surface area (Å²) in [7, 11) is 0. The van der Waals surface area contributed by atoms with Crippen LogP contribution in [0, 0.1) is 0 Å². The van der Waals surface area contributed by atoms with Crippen molar-refractivity contribution >= 4 is 0 Å². The van der Waals surface area contributed by atoms with Gasteiger partial charge < -0.3 is 9.26 Å². The van der Waals surface area contributed by atoms with Gasteiger partial charge in [-0.2, -0.15) is 4.98 Å². The highest BCUT2D eigenvalue weighted by Crippen LogP contribution is 2.21. The van der Waals surface area contributed by atoms with E-state index < -0.39 is 0 Å². The Morgan fingerprint density at radius 1 is 1.53 bits per heavy atom. The van der Waals surface area contributed by atoms with Crippen LogP contribution in [-0.4, -0.2) is 40.8 Å². The van der Waals surface area contributed by atoms with Crippen LogP contribution in [0.15, 0.2) is 4.52 Å². The Balaban J connectivity index is 1.99. The Hall–Kier alpha value is -0.940. The number of morpholine rings is 1. The van der Waals surface area contributed by atoms with Gasteiger partial charge in [-0.25, -0.2) is 0 Å². The molecule has 1 saturated heterocycles. The molecule has 0 unspecified atom stereocenters. The van der Waals surface area contributed by atoms with E-state index in [2.05, 4.69) is 35.8 Å². The maximum absolute atomic E-state index is 5.53. The van der Waals surface area contributed by atoms with E-state index in [-0.39, 0.29) is 12.1 Å². The molecule has 0 saturated carbocycles. The Kier molecular flexibility index (Phi) is 4.12. The van der Waals surface area contributed by atoms with Crippen LogP contribution in [0.1, 0.15) is 44.9 Å². The average molecular weight is 239 g/mol. The van der Waals surface area contributed by atoms with Crippen molar-refractivity contribution in [3.8, 4) is 0 Å². The van der Waals surface area contributed by atoms with Crippen molar-refractivity contribution in [2.24, 2.45) is 0 Å². The van der Waals surface area contributed by atoms with Crippen molar-refractivity contribution in [1.82, 2.24) is 15.0 Å². The number of ether oxygens (including phenoxy) is 1. The van der Waals surface area contributed by atoms with Crippen LogP contribution >= 0.6 is 0 Å². The van der Waals surface area contributed by atoms with Gasteiger partial charge in [-0.05, 0) is 20.3 Å². The zero-order chi connectivity index (χ0) is 12.3. The molecule has 0 amide bonds. The van der Waals surface area contributed by atoms with E-state index in [1.807, 2.05) is 0 Å². The third-order valence-corrected chi connectivity index (χ3v) is 3.14. The van der Waals surface area contributed by atoms with Gasteiger partial charge in [0.1, 0.15) is 0 Å². The first-order valence-corrected chi connectivity index (χ1v) is 6.38. The van der Waals surface area contributed by atoms with Gasteiger partial charge in [-0.1, -0.05) is 12.1 Å². The monoisotopic (exact) mass is 239 g/mol. The minimum absolute atomic E-state index is 0.180. The summed E-state index contributed by atoms with van der Waals surface area (Å²) in [5.41, 5.74) is 0. The van der Waals surface area contributed by atoms with Crippen LogP contribution in [0.3, 0.4) is 0 Å². The lowest BCUT2D eigenvalue weighted by Crippen LogP contribution is -2.42. The second-order valence-electron chi connectivity index (χ2n) is 4.65. The number of hydrogen-bond acceptors (Lipinski definition) is 5. The van der Waals surface area contributed by atoms with Gasteiger partial charge >= 0.3 is 0 Å². The van der Waals surface area contributed by atoms with Crippen molar-refractivity contribution in [1.29, 1.82) is 0 Å². The minimum atomic E-state index is 0.180. The topological polar surface area (TPSA) is 51.4 Å². The Labute approximate surface area is 102 Å². The molecular weight excluding hydrogens is 218 g/mol. The third kappa shape index (κ3) is 3.04. The number of hydrogen-bond donors (Lipinski definition) is 0. The molecule has 1 aromatic rings. The maximum atomic E-state index is 5.53. The van der Waals surface area contributed by atoms with Crippen molar-refractivity contribution in [2.45, 2.75) is 45.8 Å². The lowest BCUT2D eigenvalue weighted by molar-refractivity contribution is -0.0361. The molecule has 0 aromatic carbocycles. The predicted octanol–water partition coefficient (Wildman–Crippen LogP) is 1.80. The minimum Gasteiger partial charge on any atom is -0.376 e. The van der Waals surface area contributed by atoms with E-state index >= 15 is 0 Å². The van der Waals surface area contributed by atoms with Gasteiger partial charge in [0.25, 0.3) is 0 Å². The van der Waals surface area contributed by atoms with Crippen molar-refractivity contribution in [3.05, 3.63) is 11.7 Å². The van der Waals surface area contributed by atoms with Crippen LogP contribution in [0.4, 0.5) is 0 Å². The summed E-state index contributed by atoms with van der Waals surface area (Å²) in [5.74, 6) is 1.54. The standard InChI is InChI=1S/C12H21N3O2/c1-4-5-11-13-12(17-14-11)10(3)15-6-7-16-9(2)8-15/h9-10H,4-8H2,1-3H3/t9-,10+/m1/s1. The van der Waals surface area contributed by atoms with Gasteiger partial charge in [0.15, 0.2) is 5.82 Å². The molecule has 0 spiro atoms. The molecule has 5 nitrogen and oxygen atoms in total. The van der Waals surface area contributed by atoms with E-state index in [9.17, 15) is 0 Å². The largest absolute Gasteiger partial charge is 0.376 e. The van der Waals surface area contributed by atoms with Gasteiger partial charge in [-0.15, -0.1) is 0 Å². The molecule has 2 heterocycles. The van der Waals surface area contributed by atoms with Crippen molar-refractivity contribution in [2.75, 3.05) is 19.7 Å². The molecule has 1 aromatic heterocycles. The SMILES string of the molecule is CCCc1noc([C@H](C)N2CCO[C@H](C)C2)n1. The fourth-order valence-corrected chi connectivity index (χ4v) is 2.12. The predicted molar refractivity (Wildman–Crippen MR) is 63.7 cm³/mol. The van der Waals surface area contributed by atoms with Crippen LogP contribution in [0.2, 0.25) is 0 Å². The molecule has 0 radical (unpaired) electrons. The van der Waals surface area contributed by atoms with E-state index in [1.165, 1.54) is 0 Å². The molecule has 1 fully saturated rings. The fourth-order valence-electron chi connectivity index (χ4n) is 2.12. The highest BCUT2D eigenvalue weighted by Gasteiger charge is 2.25. The van der Waals surface area contributed by atoms with E-state index in [1.54, 1.807) is 0 Å². The summed E-state index contributed by atoms with van der Waals surface area (Å²) in [6.07, 6.45) is 2.21. The zero-order valence-electron chi connectivity index (χ0n) is 10.8. The first kappa shape index (κ1) is 12.5. The summed E-state index contributed by atoms with van der Waals surface area (Å²) in [4.78, 5) is 6.77. The number of aryl methyl sites for hydroxylation is 1. The van der Waals surface area contributed by atoms with Gasteiger partial charge in [0.2, 0.25) is 5.89 Å². The summed E-state index contributed by atoms with van der Waals surface area (Å²) in [5, 5.41) is 4.00. The number of aromatic nitrogens is 2. The quantitative estimate of drug-likeness (QED) is 0.802. The van der Waals surface area contributed by atoms with Crippen LogP contribution < -0.4 is 0 Å². The fraction of sp³-hybridized carbons (Fsp3) is 0.833. The number of nitrogens with zero attached hydrogens (tertiary/aromatic N) is 3. The average Bonchev–Trinajstić information content (AvgIpc) is 2.77. The molecule has 17 heavy (non-hydrogen) atoms. The molecule has 1 aliphatic rings. The zero-order valence-corrected chi connectivity index (χ0v) is 10.8. The Morgan fingerprint density at radius 3 is 3.06 bits per heavy atom. The highest BCUT2D eigenvalue weighted by molar-refractivity contribution is 4.93. The first-order chi connectivity index (χ1) is 8.20. The molecule has 5 heteroatoms. The number of rotatable bonds is 4. The lowest BCUT2D eigenvalue weighted by Gasteiger charge is -2.33. The molecule has 96 valence electrons. The summed E-state index contributed by atoms with van der Waals surface area (Å²) in [6, 6.07) is 0.180. The highest BCUT2D eigenvalue weighted by atomic mass is 16.5. The molecule has 0 aliphatic carbocycles. The lowest BCUT2D eigenvalue weighted by atomic mass is 10.2. The van der Waals surface area contributed by atoms with Gasteiger partial charge in [0, 0.05) is 19.5 Å². The van der Waals surface area contributed by atoms with Gasteiger partial charge in [-0.3, -0.25) is 4.90 Å². The summed E-state index contributed by atoms with van der Waals surface area (Å²) < 4.78 is 10.9. The summed E-state index contributed by atoms with van der Waals surface area (Å²) >= 11 is 0. The van der Waals surface area contributed by atoms with Gasteiger partial charge in [0.05, 0.1) is 18.8 Å². The second kappa shape index (κ2) is 5.60. The normalized spacial score (nSPS) is 23.8. The van der Waals surface area contributed by atoms with E-state index in [4.69, 9.17) is 9.26 Å². The van der Waals surface area contributed by atoms with Crippen molar-refractivity contribution in [3.63, 3.8) is 0 Å². The molecule has 0 bridgehead atoms. The smallest absolute Gasteiger partial charge is 0.243 e. The molecule has 0 N–H and O–H groups in total. The third-order valence-electron chi connectivity index (χ3n) is 3.14. The molecule has 1 aliphatic heterocycles. The second-order valence-corrected chi connectivity index (χ2v) is 4.65. The van der Waals surface area contributed by atoms with Crippen molar-refractivity contribution < 1.29 is 9.26 Å². The maximum Gasteiger partial charge on any atom is 0.243 e. The van der Waals surface area contributed by atoms with E-state index in [0.29, 0.717) is 0 Å². The van der Waals surface area contributed by atoms with E-state index in [0.717, 1.165) is 44.3 Å². The van der Waals surface area contributed by atoms with Crippen LogP contribution in [-0.2, 0) is 11.2 Å². The van der Waals surface area contributed by atoms with Crippen LogP contribution in [0.5, 0.6) is 0 Å². The molecule has 2 rings (SSSR count). The first-order valence-electron chi connectivity index (χ1n) is 6.38. The summed E-state index contributed by atoms with van der Waals surface area (Å²) in [6.45, 7) is 8.95. The Morgan fingerprint density at radius 2 is 2.35 bits per heavy atom. The Bertz CT molecular complexity index is 353. The van der Waals surface area contributed by atoms with Crippen LogP contribution in [0.25, 0.3) is 0 Å². The molecule has 2 atom stereocenters. The molecular formula is C12H21N3O2.